The van der Waals surface area contributed by atoms with Gasteiger partial charge in [0.25, 0.3) is 0 Å². The van der Waals surface area contributed by atoms with Gasteiger partial charge in [0.15, 0.2) is 0 Å². The fraction of sp³-hybridized carbons (Fsp3) is 0.444. The van der Waals surface area contributed by atoms with E-state index in [9.17, 15) is 19.1 Å². The van der Waals surface area contributed by atoms with E-state index in [0.717, 1.165) is 12.1 Å². The molecule has 2 aromatic rings. The van der Waals surface area contributed by atoms with Crippen molar-refractivity contribution in [2.24, 2.45) is 0 Å². The molecule has 1 aromatic carbocycles. The highest BCUT2D eigenvalue weighted by Gasteiger charge is 2.31. The molecule has 132 valence electrons. The normalized spacial score (nSPS) is 22.6. The minimum absolute atomic E-state index is 0.0166. The zero-order valence-electron chi connectivity index (χ0n) is 14.2. The third-order valence-corrected chi connectivity index (χ3v) is 5.23. The molecule has 2 aliphatic rings. The number of nitrogens with one attached hydrogen (secondary N) is 1. The highest BCUT2D eigenvalue weighted by Crippen LogP contribution is 2.39. The first-order valence-corrected chi connectivity index (χ1v) is 8.50. The molecule has 1 saturated heterocycles. The molecule has 3 heterocycles. The predicted octanol–water partition coefficient (Wildman–Crippen LogP) is 1.75. The zero-order valence-corrected chi connectivity index (χ0v) is 14.2. The van der Waals surface area contributed by atoms with E-state index in [1.807, 2.05) is 16.4 Å². The van der Waals surface area contributed by atoms with Crippen molar-refractivity contribution in [3.8, 4) is 0 Å². The maximum Gasteiger partial charge on any atom is 0.341 e. The van der Waals surface area contributed by atoms with Gasteiger partial charge in [-0.1, -0.05) is 0 Å². The fourth-order valence-corrected chi connectivity index (χ4v) is 4.12. The molecule has 0 spiro atoms. The summed E-state index contributed by atoms with van der Waals surface area (Å²) in [5, 5.41) is 12.8. The Morgan fingerprint density at radius 2 is 2.16 bits per heavy atom. The Kier molecular flexibility index (Phi) is 3.57. The van der Waals surface area contributed by atoms with Crippen molar-refractivity contribution in [2.75, 3.05) is 24.5 Å². The number of hydrogen-bond donors (Lipinski definition) is 2. The summed E-state index contributed by atoms with van der Waals surface area (Å²) < 4.78 is 16.8. The summed E-state index contributed by atoms with van der Waals surface area (Å²) in [5.41, 5.74) is 1.11. The van der Waals surface area contributed by atoms with Gasteiger partial charge in [0.1, 0.15) is 11.4 Å². The summed E-state index contributed by atoms with van der Waals surface area (Å²) in [6.45, 7) is 6.19. The molecule has 2 N–H and O–H groups in total. The highest BCUT2D eigenvalue weighted by molar-refractivity contribution is 5.96. The van der Waals surface area contributed by atoms with Crippen molar-refractivity contribution in [2.45, 2.75) is 32.4 Å². The van der Waals surface area contributed by atoms with E-state index in [2.05, 4.69) is 12.2 Å². The van der Waals surface area contributed by atoms with Gasteiger partial charge in [-0.15, -0.1) is 0 Å². The lowest BCUT2D eigenvalue weighted by Gasteiger charge is -2.35. The molecule has 2 aliphatic heterocycles. The molecule has 4 rings (SSSR count). The topological polar surface area (TPSA) is 74.6 Å². The van der Waals surface area contributed by atoms with Crippen molar-refractivity contribution in [1.29, 1.82) is 0 Å². The predicted molar refractivity (Wildman–Crippen MR) is 93.2 cm³/mol. The minimum atomic E-state index is -1.28. The molecule has 0 bridgehead atoms. The first-order chi connectivity index (χ1) is 11.9. The van der Waals surface area contributed by atoms with Gasteiger partial charge in [-0.3, -0.25) is 4.79 Å². The molecule has 1 fully saturated rings. The molecule has 1 aromatic heterocycles. The van der Waals surface area contributed by atoms with Gasteiger partial charge in [0.2, 0.25) is 5.43 Å². The van der Waals surface area contributed by atoms with Crippen LogP contribution in [-0.2, 0) is 6.42 Å². The molecule has 2 unspecified atom stereocenters. The van der Waals surface area contributed by atoms with Gasteiger partial charge in [0, 0.05) is 48.9 Å². The monoisotopic (exact) mass is 345 g/mol. The van der Waals surface area contributed by atoms with Crippen LogP contribution >= 0.6 is 0 Å². The largest absolute Gasteiger partial charge is 0.477 e. The number of anilines is 1. The number of benzene rings is 1. The van der Waals surface area contributed by atoms with Gasteiger partial charge in [-0.05, 0) is 26.3 Å². The Bertz CT molecular complexity index is 953. The second-order valence-corrected chi connectivity index (χ2v) is 7.02. The molecule has 25 heavy (non-hydrogen) atoms. The molecule has 0 saturated carbocycles. The van der Waals surface area contributed by atoms with E-state index in [-0.39, 0.29) is 23.0 Å². The number of piperazine rings is 1. The number of rotatable bonds is 2. The van der Waals surface area contributed by atoms with Crippen molar-refractivity contribution < 1.29 is 14.3 Å². The maximum absolute atomic E-state index is 15.0. The number of hydrogen-bond acceptors (Lipinski definition) is 4. The Morgan fingerprint density at radius 3 is 2.84 bits per heavy atom. The number of carbonyl (C=O) groups is 1. The van der Waals surface area contributed by atoms with E-state index in [4.69, 9.17) is 0 Å². The van der Waals surface area contributed by atoms with Gasteiger partial charge in [-0.25, -0.2) is 9.18 Å². The quantitative estimate of drug-likeness (QED) is 0.867. The molecule has 7 heteroatoms. The van der Waals surface area contributed by atoms with Gasteiger partial charge in [-0.2, -0.15) is 0 Å². The molecule has 0 aliphatic carbocycles. The van der Waals surface area contributed by atoms with E-state index in [1.54, 1.807) is 0 Å². The molecule has 6 nitrogen and oxygen atoms in total. The van der Waals surface area contributed by atoms with Crippen molar-refractivity contribution in [3.05, 3.63) is 39.4 Å². The van der Waals surface area contributed by atoms with Crippen LogP contribution in [0.1, 0.15) is 35.8 Å². The number of nitrogens with zero attached hydrogens (tertiary/aromatic N) is 2. The number of aromatic nitrogens is 1. The summed E-state index contributed by atoms with van der Waals surface area (Å²) in [7, 11) is 0. The summed E-state index contributed by atoms with van der Waals surface area (Å²) in [5.74, 6) is -1.73. The number of halogens is 1. The third kappa shape index (κ3) is 2.33. The molecule has 0 radical (unpaired) electrons. The molecule has 0 amide bonds. The average molecular weight is 345 g/mol. The molecule has 2 atom stereocenters. The van der Waals surface area contributed by atoms with Crippen LogP contribution in [0.3, 0.4) is 0 Å². The highest BCUT2D eigenvalue weighted by atomic mass is 19.1. The average Bonchev–Trinajstić information content (AvgIpc) is 2.87. The first-order valence-electron chi connectivity index (χ1n) is 8.50. The maximum atomic E-state index is 15.0. The van der Waals surface area contributed by atoms with Crippen LogP contribution < -0.4 is 15.6 Å². The molecular formula is C18H20FN3O3. The van der Waals surface area contributed by atoms with Crippen LogP contribution in [0.25, 0.3) is 10.9 Å². The van der Waals surface area contributed by atoms with E-state index in [0.29, 0.717) is 30.7 Å². The Balaban J connectivity index is 2.00. The second kappa shape index (κ2) is 5.56. The van der Waals surface area contributed by atoms with Gasteiger partial charge in [0.05, 0.1) is 11.2 Å². The Morgan fingerprint density at radius 1 is 1.40 bits per heavy atom. The van der Waals surface area contributed by atoms with Crippen molar-refractivity contribution >= 4 is 22.6 Å². The van der Waals surface area contributed by atoms with Crippen LogP contribution in [0.15, 0.2) is 17.1 Å². The summed E-state index contributed by atoms with van der Waals surface area (Å²) >= 11 is 0. The SMILES string of the molecule is CC1CN(c2c(F)cc3c(=O)c(C(=O)O)cn4c3c2CC4C)CCN1. The van der Waals surface area contributed by atoms with E-state index < -0.39 is 17.2 Å². The first kappa shape index (κ1) is 16.1. The number of carboxylic acid groups (broad SMARTS) is 1. The van der Waals surface area contributed by atoms with Crippen LogP contribution in [0, 0.1) is 5.82 Å². The van der Waals surface area contributed by atoms with E-state index >= 15 is 0 Å². The second-order valence-electron chi connectivity index (χ2n) is 7.02. The fourth-order valence-electron chi connectivity index (χ4n) is 4.12. The summed E-state index contributed by atoms with van der Waals surface area (Å²) in [4.78, 5) is 25.9. The summed E-state index contributed by atoms with van der Waals surface area (Å²) in [6.07, 6.45) is 1.99. The van der Waals surface area contributed by atoms with Gasteiger partial charge >= 0.3 is 5.97 Å². The van der Waals surface area contributed by atoms with Crippen LogP contribution in [-0.4, -0.2) is 41.3 Å². The number of pyridine rings is 1. The zero-order chi connectivity index (χ0) is 17.9. The van der Waals surface area contributed by atoms with Crippen LogP contribution in [0.2, 0.25) is 0 Å². The molecular weight excluding hydrogens is 325 g/mol. The summed E-state index contributed by atoms with van der Waals surface area (Å²) in [6, 6.07) is 1.45. The van der Waals surface area contributed by atoms with E-state index in [1.165, 1.54) is 12.3 Å². The van der Waals surface area contributed by atoms with Crippen LogP contribution in [0.4, 0.5) is 10.1 Å². The van der Waals surface area contributed by atoms with Crippen molar-refractivity contribution in [1.82, 2.24) is 9.88 Å². The van der Waals surface area contributed by atoms with Crippen LogP contribution in [0.5, 0.6) is 0 Å². The van der Waals surface area contributed by atoms with Crippen molar-refractivity contribution in [3.63, 3.8) is 0 Å². The minimum Gasteiger partial charge on any atom is -0.477 e. The lowest BCUT2D eigenvalue weighted by atomic mass is 10.0. The lowest BCUT2D eigenvalue weighted by Crippen LogP contribution is -2.49. The smallest absolute Gasteiger partial charge is 0.341 e. The third-order valence-electron chi connectivity index (χ3n) is 5.23. The van der Waals surface area contributed by atoms with Gasteiger partial charge < -0.3 is 19.9 Å². The lowest BCUT2D eigenvalue weighted by molar-refractivity contribution is 0.0694. The number of carboxylic acids is 1. The Hall–Kier alpha value is -2.41. The number of aromatic carboxylic acids is 1. The Labute approximate surface area is 143 Å². The standard InChI is InChI=1S/C18H20FN3O3/c1-9-7-21(4-3-20-9)16-11-5-10(2)22-8-13(18(24)25)17(23)12(15(11)22)6-14(16)19/h6,8-10,20H,3-5,7H2,1-2H3,(H,24,25).